The van der Waals surface area contributed by atoms with Gasteiger partial charge in [-0.1, -0.05) is 6.07 Å². The van der Waals surface area contributed by atoms with Gasteiger partial charge >= 0.3 is 12.6 Å². The summed E-state index contributed by atoms with van der Waals surface area (Å²) in [5.74, 6) is -2.22. The molecule has 0 aliphatic rings. The van der Waals surface area contributed by atoms with E-state index in [4.69, 9.17) is 0 Å². The van der Waals surface area contributed by atoms with Crippen LogP contribution in [0.25, 0.3) is 0 Å². The highest BCUT2D eigenvalue weighted by molar-refractivity contribution is 7.90. The van der Waals surface area contributed by atoms with Crippen molar-refractivity contribution in [2.24, 2.45) is 0 Å². The van der Waals surface area contributed by atoms with Crippen molar-refractivity contribution in [3.63, 3.8) is 0 Å². The van der Waals surface area contributed by atoms with E-state index in [9.17, 15) is 22.5 Å². The van der Waals surface area contributed by atoms with Gasteiger partial charge < -0.3 is 14.0 Å². The van der Waals surface area contributed by atoms with E-state index in [1.54, 1.807) is 20.8 Å². The molecule has 1 aromatic rings. The predicted octanol–water partition coefficient (Wildman–Crippen LogP) is 3.08. The number of esters is 1. The number of alkyl halides is 2. The molecule has 1 rings (SSSR count). The lowest BCUT2D eigenvalue weighted by molar-refractivity contribution is -0.141. The SMILES string of the molecule is COC(=O)C[C@H](N[S@+]([O-])C(C)(C)C)c1ccc(F)c(OC(F)F)c1. The lowest BCUT2D eigenvalue weighted by Gasteiger charge is -2.28. The molecule has 0 amide bonds. The van der Waals surface area contributed by atoms with Gasteiger partial charge in [-0.05, 0) is 38.5 Å². The Bertz CT molecular complexity index is 566. The zero-order valence-corrected chi connectivity index (χ0v) is 14.6. The standard InChI is InChI=1S/C15H20F3NO4S/c1-15(2,3)24(21)19-11(8-13(20)22-4)9-5-6-10(16)12(7-9)23-14(17)18/h5-7,11,14,19H,8H2,1-4H3/t11-,24+/m0/s1. The zero-order valence-electron chi connectivity index (χ0n) is 13.8. The number of carbonyl (C=O) groups excluding carboxylic acids is 1. The van der Waals surface area contributed by atoms with E-state index < -0.39 is 46.3 Å². The van der Waals surface area contributed by atoms with Gasteiger partial charge in [0.1, 0.15) is 4.75 Å². The smallest absolute Gasteiger partial charge is 0.387 e. The van der Waals surface area contributed by atoms with Crippen molar-refractivity contribution >= 4 is 17.3 Å². The minimum absolute atomic E-state index is 0.210. The maximum Gasteiger partial charge on any atom is 0.387 e. The van der Waals surface area contributed by atoms with E-state index in [-0.39, 0.29) is 12.0 Å². The predicted molar refractivity (Wildman–Crippen MR) is 83.4 cm³/mol. The fourth-order valence-electron chi connectivity index (χ4n) is 1.71. The highest BCUT2D eigenvalue weighted by atomic mass is 32.2. The molecule has 1 aromatic carbocycles. The largest absolute Gasteiger partial charge is 0.598 e. The first-order valence-corrected chi connectivity index (χ1v) is 8.18. The molecule has 0 bridgehead atoms. The molecule has 0 aromatic heterocycles. The van der Waals surface area contributed by atoms with Gasteiger partial charge in [-0.3, -0.25) is 4.79 Å². The van der Waals surface area contributed by atoms with E-state index in [0.29, 0.717) is 0 Å². The van der Waals surface area contributed by atoms with Crippen molar-refractivity contribution in [2.75, 3.05) is 7.11 Å². The van der Waals surface area contributed by atoms with Gasteiger partial charge in [-0.15, -0.1) is 4.72 Å². The van der Waals surface area contributed by atoms with E-state index in [2.05, 4.69) is 14.2 Å². The minimum Gasteiger partial charge on any atom is -0.598 e. The molecule has 0 heterocycles. The van der Waals surface area contributed by atoms with Crippen LogP contribution >= 0.6 is 0 Å². The molecular weight excluding hydrogens is 347 g/mol. The zero-order chi connectivity index (χ0) is 18.5. The van der Waals surface area contributed by atoms with Crippen LogP contribution in [0, 0.1) is 5.82 Å². The molecule has 5 nitrogen and oxygen atoms in total. The van der Waals surface area contributed by atoms with Crippen LogP contribution in [-0.4, -0.2) is 29.0 Å². The second-order valence-corrected chi connectivity index (χ2v) is 7.90. The van der Waals surface area contributed by atoms with Crippen molar-refractivity contribution in [1.82, 2.24) is 4.72 Å². The number of methoxy groups -OCH3 is 1. The van der Waals surface area contributed by atoms with Gasteiger partial charge in [0.2, 0.25) is 0 Å². The summed E-state index contributed by atoms with van der Waals surface area (Å²) in [6.45, 7) is 1.98. The van der Waals surface area contributed by atoms with Crippen molar-refractivity contribution in [3.8, 4) is 5.75 Å². The molecule has 0 aliphatic carbocycles. The van der Waals surface area contributed by atoms with Gasteiger partial charge in [0.15, 0.2) is 11.6 Å². The van der Waals surface area contributed by atoms with Crippen LogP contribution in [0.5, 0.6) is 5.75 Å². The van der Waals surface area contributed by atoms with Crippen molar-refractivity contribution in [1.29, 1.82) is 0 Å². The topological polar surface area (TPSA) is 70.6 Å². The molecule has 0 radical (unpaired) electrons. The second kappa shape index (κ2) is 8.59. The fourth-order valence-corrected chi connectivity index (χ4v) is 2.54. The Hall–Kier alpha value is -1.45. The van der Waals surface area contributed by atoms with Crippen LogP contribution in [0.3, 0.4) is 0 Å². The number of nitrogens with one attached hydrogen (secondary N) is 1. The summed E-state index contributed by atoms with van der Waals surface area (Å²) < 4.78 is 61.3. The third kappa shape index (κ3) is 6.21. The summed E-state index contributed by atoms with van der Waals surface area (Å²) in [4.78, 5) is 11.6. The maximum absolute atomic E-state index is 13.5. The summed E-state index contributed by atoms with van der Waals surface area (Å²) in [5, 5.41) is 0. The highest BCUT2D eigenvalue weighted by Gasteiger charge is 2.31. The average molecular weight is 367 g/mol. The van der Waals surface area contributed by atoms with Gasteiger partial charge in [0.25, 0.3) is 0 Å². The lowest BCUT2D eigenvalue weighted by Crippen LogP contribution is -2.41. The number of hydrogen-bond donors (Lipinski definition) is 1. The van der Waals surface area contributed by atoms with Crippen molar-refractivity contribution in [3.05, 3.63) is 29.6 Å². The number of carbonyl (C=O) groups is 1. The number of ether oxygens (including phenoxy) is 2. The molecule has 2 atom stereocenters. The van der Waals surface area contributed by atoms with Crippen molar-refractivity contribution in [2.45, 2.75) is 44.6 Å². The van der Waals surface area contributed by atoms with E-state index in [1.165, 1.54) is 13.2 Å². The van der Waals surface area contributed by atoms with E-state index >= 15 is 0 Å². The highest BCUT2D eigenvalue weighted by Crippen LogP contribution is 2.28. The Morgan fingerprint density at radius 1 is 1.38 bits per heavy atom. The third-order valence-corrected chi connectivity index (χ3v) is 4.59. The van der Waals surface area contributed by atoms with Crippen LogP contribution in [0.1, 0.15) is 38.8 Å². The molecule has 0 saturated carbocycles. The van der Waals surface area contributed by atoms with Crippen molar-refractivity contribution < 1.29 is 32.0 Å². The van der Waals surface area contributed by atoms with Gasteiger partial charge in [-0.2, -0.15) is 8.78 Å². The molecule has 0 saturated heterocycles. The normalized spacial score (nSPS) is 14.4. The third-order valence-electron chi connectivity index (χ3n) is 2.98. The molecule has 24 heavy (non-hydrogen) atoms. The number of hydrogen-bond acceptors (Lipinski definition) is 5. The average Bonchev–Trinajstić information content (AvgIpc) is 2.47. The van der Waals surface area contributed by atoms with Crippen LogP contribution in [-0.2, 0) is 20.9 Å². The first-order valence-electron chi connectivity index (χ1n) is 7.03. The fraction of sp³-hybridized carbons (Fsp3) is 0.533. The van der Waals surface area contributed by atoms with Crippen LogP contribution in [0.4, 0.5) is 13.2 Å². The molecule has 0 unspecified atom stereocenters. The quantitative estimate of drug-likeness (QED) is 0.592. The van der Waals surface area contributed by atoms with Gasteiger partial charge in [-0.25, -0.2) is 4.39 Å². The van der Waals surface area contributed by atoms with E-state index in [0.717, 1.165) is 12.1 Å². The molecule has 9 heteroatoms. The summed E-state index contributed by atoms with van der Waals surface area (Å²) in [5.41, 5.74) is 0.273. The Morgan fingerprint density at radius 3 is 2.50 bits per heavy atom. The Labute approximate surface area is 141 Å². The molecule has 136 valence electrons. The summed E-state index contributed by atoms with van der Waals surface area (Å²) >= 11 is -1.55. The van der Waals surface area contributed by atoms with Crippen LogP contribution in [0.2, 0.25) is 0 Å². The first-order chi connectivity index (χ1) is 11.0. The number of rotatable bonds is 7. The maximum atomic E-state index is 13.5. The molecule has 0 aliphatic heterocycles. The monoisotopic (exact) mass is 367 g/mol. The van der Waals surface area contributed by atoms with Crippen LogP contribution < -0.4 is 9.46 Å². The van der Waals surface area contributed by atoms with E-state index in [1.807, 2.05) is 0 Å². The van der Waals surface area contributed by atoms with Gasteiger partial charge in [0.05, 0.1) is 19.6 Å². The summed E-state index contributed by atoms with van der Waals surface area (Å²) in [6, 6.07) is 2.47. The summed E-state index contributed by atoms with van der Waals surface area (Å²) in [7, 11) is 1.19. The van der Waals surface area contributed by atoms with Gasteiger partial charge in [0, 0.05) is 11.4 Å². The molecular formula is C15H20F3NO4S. The Morgan fingerprint density at radius 2 is 2.00 bits per heavy atom. The lowest BCUT2D eigenvalue weighted by atomic mass is 10.0. The summed E-state index contributed by atoms with van der Waals surface area (Å²) in [6.07, 6.45) is -0.210. The Kier molecular flexibility index (Phi) is 7.37. The molecule has 0 spiro atoms. The van der Waals surface area contributed by atoms with Crippen LogP contribution in [0.15, 0.2) is 18.2 Å². The minimum atomic E-state index is -3.19. The molecule has 0 fully saturated rings. The second-order valence-electron chi connectivity index (χ2n) is 5.90. The first kappa shape index (κ1) is 20.6. The Balaban J connectivity index is 3.11. The number of benzene rings is 1. The number of halogens is 3. The molecule has 1 N–H and O–H groups in total.